The molecule has 41 heavy (non-hydrogen) atoms. The first-order valence-corrected chi connectivity index (χ1v) is 13.8. The van der Waals surface area contributed by atoms with Crippen molar-refractivity contribution in [3.05, 3.63) is 135 Å². The monoisotopic (exact) mass is 604 g/mol. The molecule has 0 amide bonds. The van der Waals surface area contributed by atoms with Gasteiger partial charge in [-0.05, 0) is 67.1 Å². The maximum absolute atomic E-state index is 13.8. The average Bonchev–Trinajstić information content (AvgIpc) is 3.52. The van der Waals surface area contributed by atoms with E-state index in [9.17, 15) is 9.18 Å². The van der Waals surface area contributed by atoms with E-state index in [2.05, 4.69) is 20.5 Å². The Hall–Kier alpha value is -4.82. The highest BCUT2D eigenvalue weighted by Crippen LogP contribution is 2.30. The number of fused-ring (bicyclic) bond motifs is 3. The Balaban J connectivity index is 1.40. The molecule has 200 valence electrons. The summed E-state index contributed by atoms with van der Waals surface area (Å²) in [6, 6.07) is 29.4. The molecule has 0 bridgehead atoms. The number of aromatic nitrogens is 3. The SMILES string of the molecule is Cc1c(C=Nn2c(-c3cc4cc(Br)ccc4o3)nc3ccccc3c2=O)c2ccccc2n1Cc1ccc(F)cc1. The summed E-state index contributed by atoms with van der Waals surface area (Å²) in [6.45, 7) is 2.59. The Kier molecular flexibility index (Phi) is 6.12. The van der Waals surface area contributed by atoms with Crippen molar-refractivity contribution in [2.75, 3.05) is 0 Å². The van der Waals surface area contributed by atoms with E-state index in [0.29, 0.717) is 34.6 Å². The topological polar surface area (TPSA) is 65.3 Å². The Labute approximate surface area is 242 Å². The highest BCUT2D eigenvalue weighted by Gasteiger charge is 2.18. The number of benzene rings is 4. The average molecular weight is 605 g/mol. The zero-order valence-corrected chi connectivity index (χ0v) is 23.5. The van der Waals surface area contributed by atoms with Crippen LogP contribution in [0.4, 0.5) is 4.39 Å². The van der Waals surface area contributed by atoms with E-state index in [1.165, 1.54) is 16.8 Å². The van der Waals surface area contributed by atoms with Crippen LogP contribution in [0.5, 0.6) is 0 Å². The second-order valence-corrected chi connectivity index (χ2v) is 10.8. The Morgan fingerprint density at radius 3 is 2.54 bits per heavy atom. The molecule has 0 aliphatic carbocycles. The van der Waals surface area contributed by atoms with Crippen LogP contribution in [-0.4, -0.2) is 20.4 Å². The lowest BCUT2D eigenvalue weighted by molar-refractivity contribution is 0.616. The summed E-state index contributed by atoms with van der Waals surface area (Å²) in [5.41, 5.74) is 4.79. The molecule has 0 fully saturated rings. The van der Waals surface area contributed by atoms with Crippen LogP contribution in [0.15, 0.2) is 116 Å². The van der Waals surface area contributed by atoms with E-state index in [0.717, 1.165) is 37.6 Å². The third-order valence-corrected chi connectivity index (χ3v) is 7.78. The normalized spacial score (nSPS) is 11.9. The van der Waals surface area contributed by atoms with Gasteiger partial charge in [0.2, 0.25) is 5.82 Å². The summed E-state index contributed by atoms with van der Waals surface area (Å²) in [5, 5.41) is 7.05. The van der Waals surface area contributed by atoms with Crippen LogP contribution in [0.25, 0.3) is 44.4 Å². The van der Waals surface area contributed by atoms with Crippen LogP contribution in [0.1, 0.15) is 16.8 Å². The van der Waals surface area contributed by atoms with E-state index in [1.807, 2.05) is 67.6 Å². The number of hydrogen-bond donors (Lipinski definition) is 0. The molecule has 0 aliphatic rings. The Bertz CT molecular complexity index is 2190. The first-order valence-electron chi connectivity index (χ1n) is 13.0. The van der Waals surface area contributed by atoms with Crippen molar-refractivity contribution in [3.8, 4) is 11.6 Å². The second-order valence-electron chi connectivity index (χ2n) is 9.84. The zero-order chi connectivity index (χ0) is 28.1. The Morgan fingerprint density at radius 2 is 1.71 bits per heavy atom. The van der Waals surface area contributed by atoms with Crippen LogP contribution >= 0.6 is 15.9 Å². The van der Waals surface area contributed by atoms with Crippen molar-refractivity contribution in [2.45, 2.75) is 13.5 Å². The van der Waals surface area contributed by atoms with E-state index >= 15 is 0 Å². The van der Waals surface area contributed by atoms with E-state index in [1.54, 1.807) is 30.5 Å². The van der Waals surface area contributed by atoms with Gasteiger partial charge in [0.1, 0.15) is 11.4 Å². The van der Waals surface area contributed by atoms with Gasteiger partial charge in [-0.25, -0.2) is 9.37 Å². The fraction of sp³-hybridized carbons (Fsp3) is 0.0606. The lowest BCUT2D eigenvalue weighted by Gasteiger charge is -2.09. The summed E-state index contributed by atoms with van der Waals surface area (Å²) in [5.74, 6) is 0.483. The van der Waals surface area contributed by atoms with Crippen molar-refractivity contribution in [2.24, 2.45) is 5.10 Å². The van der Waals surface area contributed by atoms with Crippen molar-refractivity contribution in [1.82, 2.24) is 14.2 Å². The van der Waals surface area contributed by atoms with Gasteiger partial charge in [-0.3, -0.25) is 4.79 Å². The van der Waals surface area contributed by atoms with Crippen LogP contribution in [0, 0.1) is 12.7 Å². The molecule has 0 radical (unpaired) electrons. The second kappa shape index (κ2) is 9.98. The lowest BCUT2D eigenvalue weighted by atomic mass is 10.1. The van der Waals surface area contributed by atoms with Crippen molar-refractivity contribution in [1.29, 1.82) is 0 Å². The molecule has 8 heteroatoms. The maximum Gasteiger partial charge on any atom is 0.282 e. The molecule has 3 heterocycles. The van der Waals surface area contributed by atoms with Crippen LogP contribution in [0.3, 0.4) is 0 Å². The van der Waals surface area contributed by atoms with Gasteiger partial charge in [-0.1, -0.05) is 58.4 Å². The molecule has 7 rings (SSSR count). The maximum atomic E-state index is 13.8. The minimum absolute atomic E-state index is 0.266. The van der Waals surface area contributed by atoms with Gasteiger partial charge in [-0.15, -0.1) is 0 Å². The summed E-state index contributed by atoms with van der Waals surface area (Å²) >= 11 is 3.50. The molecule has 0 N–H and O–H groups in total. The molecule has 0 aliphatic heterocycles. The summed E-state index contributed by atoms with van der Waals surface area (Å²) in [6.07, 6.45) is 1.71. The summed E-state index contributed by atoms with van der Waals surface area (Å²) < 4.78 is 24.1. The number of furan rings is 1. The summed E-state index contributed by atoms with van der Waals surface area (Å²) in [4.78, 5) is 18.6. The molecule has 4 aromatic carbocycles. The minimum Gasteiger partial charge on any atom is -0.453 e. The van der Waals surface area contributed by atoms with Crippen LogP contribution in [0.2, 0.25) is 0 Å². The molecule has 0 saturated heterocycles. The largest absolute Gasteiger partial charge is 0.453 e. The molecule has 3 aromatic heterocycles. The minimum atomic E-state index is -0.295. The molecule has 0 spiro atoms. The molecule has 0 atom stereocenters. The standard InChI is InChI=1S/C33H22BrFN4O2/c1-20-27(25-6-3-5-9-29(25)38(20)19-21-10-13-24(35)14-11-21)18-36-39-32(37-28-8-4-2-7-26(28)33(39)40)31-17-22-16-23(34)12-15-30(22)41-31/h2-18H,19H2,1H3. The van der Waals surface area contributed by atoms with Gasteiger partial charge >= 0.3 is 0 Å². The van der Waals surface area contributed by atoms with Gasteiger partial charge in [-0.2, -0.15) is 9.78 Å². The van der Waals surface area contributed by atoms with Gasteiger partial charge in [0.25, 0.3) is 5.56 Å². The number of rotatable bonds is 5. The quantitative estimate of drug-likeness (QED) is 0.187. The van der Waals surface area contributed by atoms with Gasteiger partial charge in [0.05, 0.1) is 17.1 Å². The van der Waals surface area contributed by atoms with Crippen molar-refractivity contribution >= 4 is 54.9 Å². The van der Waals surface area contributed by atoms with Gasteiger partial charge in [0.15, 0.2) is 5.76 Å². The summed E-state index contributed by atoms with van der Waals surface area (Å²) in [7, 11) is 0. The first-order chi connectivity index (χ1) is 20.0. The fourth-order valence-corrected chi connectivity index (χ4v) is 5.61. The molecular formula is C33H22BrFN4O2. The number of nitrogens with zero attached hydrogens (tertiary/aromatic N) is 4. The van der Waals surface area contributed by atoms with Crippen molar-refractivity contribution < 1.29 is 8.81 Å². The number of para-hydroxylation sites is 2. The molecule has 0 saturated carbocycles. The van der Waals surface area contributed by atoms with Crippen LogP contribution < -0.4 is 5.56 Å². The highest BCUT2D eigenvalue weighted by molar-refractivity contribution is 9.10. The predicted molar refractivity (Wildman–Crippen MR) is 164 cm³/mol. The first kappa shape index (κ1) is 25.2. The van der Waals surface area contributed by atoms with E-state index in [4.69, 9.17) is 14.5 Å². The molecule has 6 nitrogen and oxygen atoms in total. The number of hydrogen-bond acceptors (Lipinski definition) is 4. The van der Waals surface area contributed by atoms with Gasteiger partial charge < -0.3 is 8.98 Å². The zero-order valence-electron chi connectivity index (χ0n) is 21.9. The number of halogens is 2. The third-order valence-electron chi connectivity index (χ3n) is 7.29. The predicted octanol–water partition coefficient (Wildman–Crippen LogP) is 7.90. The van der Waals surface area contributed by atoms with Crippen LogP contribution in [-0.2, 0) is 6.54 Å². The smallest absolute Gasteiger partial charge is 0.282 e. The Morgan fingerprint density at radius 1 is 0.951 bits per heavy atom. The molecular weight excluding hydrogens is 583 g/mol. The van der Waals surface area contributed by atoms with Gasteiger partial charge in [0, 0.05) is 38.6 Å². The fourth-order valence-electron chi connectivity index (χ4n) is 5.23. The molecule has 0 unspecified atom stereocenters. The highest BCUT2D eigenvalue weighted by atomic mass is 79.9. The van der Waals surface area contributed by atoms with E-state index in [-0.39, 0.29) is 11.4 Å². The van der Waals surface area contributed by atoms with Crippen molar-refractivity contribution in [3.63, 3.8) is 0 Å². The third kappa shape index (κ3) is 4.46. The lowest BCUT2D eigenvalue weighted by Crippen LogP contribution is -2.20. The van der Waals surface area contributed by atoms with E-state index < -0.39 is 0 Å². The molecule has 7 aromatic rings.